The molecule has 0 unspecified atom stereocenters. The maximum Gasteiger partial charge on any atom is 0.332 e. The van der Waals surface area contributed by atoms with E-state index in [9.17, 15) is 14.4 Å². The number of benzene rings is 2. The second-order valence-electron chi connectivity index (χ2n) is 7.24. The minimum atomic E-state index is -0.959. The molecule has 1 N–H and O–H groups in total. The van der Waals surface area contributed by atoms with E-state index in [1.165, 1.54) is 12.0 Å². The highest BCUT2D eigenvalue weighted by atomic mass is 16.5. The number of carbonyl (C=O) groups excluding carboxylic acids is 3. The molecule has 8 heteroatoms. The summed E-state index contributed by atoms with van der Waals surface area (Å²) in [4.78, 5) is 46.1. The molecule has 8 nitrogen and oxygen atoms in total. The van der Waals surface area contributed by atoms with Gasteiger partial charge in [-0.1, -0.05) is 30.3 Å². The summed E-state index contributed by atoms with van der Waals surface area (Å²) in [7, 11) is 1.51. The average molecular weight is 430 g/mol. The maximum absolute atomic E-state index is 13.3. The number of aromatic nitrogens is 1. The fourth-order valence-electron chi connectivity index (χ4n) is 3.58. The maximum atomic E-state index is 13.3. The standard InChI is InChI=1S/C24H22N4O4/c1-32-20-12-7-11-19(14-20)28-23(30)21(15-22(29)26-17-8-3-2-4-9-17)27(24(28)31)16-18-10-5-6-13-25-18/h2-14,21H,15-16H2,1H3,(H,26,29)/t21-/m1/s1. The molecule has 2 aromatic carbocycles. The minimum Gasteiger partial charge on any atom is -0.497 e. The smallest absolute Gasteiger partial charge is 0.332 e. The summed E-state index contributed by atoms with van der Waals surface area (Å²) in [5.41, 5.74) is 1.63. The van der Waals surface area contributed by atoms with Gasteiger partial charge in [-0.05, 0) is 36.4 Å². The largest absolute Gasteiger partial charge is 0.497 e. The average Bonchev–Trinajstić information content (AvgIpc) is 3.04. The predicted octanol–water partition coefficient (Wildman–Crippen LogP) is 3.46. The van der Waals surface area contributed by atoms with E-state index in [2.05, 4.69) is 10.3 Å². The van der Waals surface area contributed by atoms with E-state index < -0.39 is 18.0 Å². The van der Waals surface area contributed by atoms with Gasteiger partial charge in [0.15, 0.2) is 0 Å². The second kappa shape index (κ2) is 9.30. The Kier molecular flexibility index (Phi) is 6.12. The van der Waals surface area contributed by atoms with E-state index in [4.69, 9.17) is 4.74 Å². The van der Waals surface area contributed by atoms with Crippen LogP contribution < -0.4 is 15.0 Å². The molecule has 3 aromatic rings. The fraction of sp³-hybridized carbons (Fsp3) is 0.167. The Labute approximate surface area is 185 Å². The highest BCUT2D eigenvalue weighted by molar-refractivity contribution is 6.22. The second-order valence-corrected chi connectivity index (χ2v) is 7.24. The quantitative estimate of drug-likeness (QED) is 0.580. The lowest BCUT2D eigenvalue weighted by Crippen LogP contribution is -2.37. The van der Waals surface area contributed by atoms with Gasteiger partial charge in [0.05, 0.1) is 31.5 Å². The minimum absolute atomic E-state index is 0.106. The lowest BCUT2D eigenvalue weighted by Gasteiger charge is -2.21. The molecule has 1 aromatic heterocycles. The Morgan fingerprint density at radius 3 is 2.53 bits per heavy atom. The van der Waals surface area contributed by atoms with Gasteiger partial charge >= 0.3 is 6.03 Å². The topological polar surface area (TPSA) is 91.8 Å². The number of hydrogen-bond acceptors (Lipinski definition) is 5. The van der Waals surface area contributed by atoms with E-state index in [1.807, 2.05) is 12.1 Å². The number of rotatable bonds is 7. The van der Waals surface area contributed by atoms with Crippen molar-refractivity contribution in [1.29, 1.82) is 0 Å². The van der Waals surface area contributed by atoms with Crippen LogP contribution in [0.1, 0.15) is 12.1 Å². The Balaban J connectivity index is 1.62. The van der Waals surface area contributed by atoms with Gasteiger partial charge in [-0.2, -0.15) is 0 Å². The number of urea groups is 1. The number of imide groups is 1. The summed E-state index contributed by atoms with van der Waals surface area (Å²) in [6.07, 6.45) is 1.45. The molecular formula is C24H22N4O4. The van der Waals surface area contributed by atoms with Crippen molar-refractivity contribution in [3.05, 3.63) is 84.7 Å². The summed E-state index contributed by atoms with van der Waals surface area (Å²) < 4.78 is 5.23. The van der Waals surface area contributed by atoms with Crippen molar-refractivity contribution in [2.75, 3.05) is 17.3 Å². The number of carbonyl (C=O) groups is 3. The van der Waals surface area contributed by atoms with Crippen molar-refractivity contribution < 1.29 is 19.1 Å². The third kappa shape index (κ3) is 4.44. The molecule has 1 aliphatic heterocycles. The SMILES string of the molecule is COc1cccc(N2C(=O)[C@@H](CC(=O)Nc3ccccc3)N(Cc3ccccn3)C2=O)c1. The van der Waals surface area contributed by atoms with Crippen molar-refractivity contribution in [2.45, 2.75) is 19.0 Å². The van der Waals surface area contributed by atoms with Crippen LogP contribution in [0.5, 0.6) is 5.75 Å². The Morgan fingerprint density at radius 1 is 1.03 bits per heavy atom. The fourth-order valence-corrected chi connectivity index (χ4v) is 3.58. The first-order valence-electron chi connectivity index (χ1n) is 10.1. The molecule has 162 valence electrons. The Hall–Kier alpha value is -4.20. The van der Waals surface area contributed by atoms with Gasteiger partial charge in [0.25, 0.3) is 5.91 Å². The molecule has 0 saturated carbocycles. The Morgan fingerprint density at radius 2 is 1.81 bits per heavy atom. The van der Waals surface area contributed by atoms with Crippen LogP contribution in [-0.4, -0.2) is 40.9 Å². The van der Waals surface area contributed by atoms with Gasteiger partial charge in [-0.3, -0.25) is 14.6 Å². The number of hydrogen-bond donors (Lipinski definition) is 1. The summed E-state index contributed by atoms with van der Waals surface area (Å²) >= 11 is 0. The molecule has 0 aliphatic carbocycles. The molecule has 1 fully saturated rings. The molecule has 1 atom stereocenters. The molecule has 32 heavy (non-hydrogen) atoms. The van der Waals surface area contributed by atoms with Gasteiger partial charge in [0, 0.05) is 18.0 Å². The highest BCUT2D eigenvalue weighted by Gasteiger charge is 2.46. The van der Waals surface area contributed by atoms with Crippen molar-refractivity contribution in [2.24, 2.45) is 0 Å². The molecular weight excluding hydrogens is 408 g/mol. The number of nitrogens with zero attached hydrogens (tertiary/aromatic N) is 3. The highest BCUT2D eigenvalue weighted by Crippen LogP contribution is 2.30. The number of amides is 4. The van der Waals surface area contributed by atoms with Crippen molar-refractivity contribution >= 4 is 29.2 Å². The zero-order valence-corrected chi connectivity index (χ0v) is 17.5. The number of pyridine rings is 1. The van der Waals surface area contributed by atoms with Crippen LogP contribution in [0.4, 0.5) is 16.2 Å². The first-order valence-corrected chi connectivity index (χ1v) is 10.1. The Bertz CT molecular complexity index is 1120. The summed E-state index contributed by atoms with van der Waals surface area (Å²) in [5.74, 6) is -0.312. The third-order valence-electron chi connectivity index (χ3n) is 5.12. The van der Waals surface area contributed by atoms with Crippen molar-refractivity contribution in [1.82, 2.24) is 9.88 Å². The molecule has 0 spiro atoms. The van der Waals surface area contributed by atoms with E-state index in [0.717, 1.165) is 4.90 Å². The van der Waals surface area contributed by atoms with Crippen molar-refractivity contribution in [3.8, 4) is 5.75 Å². The first kappa shape index (κ1) is 21.0. The lowest BCUT2D eigenvalue weighted by atomic mass is 10.1. The van der Waals surface area contributed by atoms with Gasteiger partial charge in [-0.15, -0.1) is 0 Å². The van der Waals surface area contributed by atoms with E-state index in [0.29, 0.717) is 22.8 Å². The normalized spacial score (nSPS) is 15.7. The molecule has 4 amide bonds. The van der Waals surface area contributed by atoms with Gasteiger partial charge in [0.1, 0.15) is 11.8 Å². The monoisotopic (exact) mass is 430 g/mol. The number of para-hydroxylation sites is 1. The summed E-state index contributed by atoms with van der Waals surface area (Å²) in [6.45, 7) is 0.106. The van der Waals surface area contributed by atoms with E-state index in [1.54, 1.807) is 66.9 Å². The number of nitrogens with one attached hydrogen (secondary N) is 1. The lowest BCUT2D eigenvalue weighted by molar-refractivity contribution is -0.124. The molecule has 0 radical (unpaired) electrons. The molecule has 4 rings (SSSR count). The zero-order chi connectivity index (χ0) is 22.5. The molecule has 1 saturated heterocycles. The van der Waals surface area contributed by atoms with Crippen LogP contribution in [0.25, 0.3) is 0 Å². The molecule has 1 aliphatic rings. The summed E-state index contributed by atoms with van der Waals surface area (Å²) in [5, 5.41) is 2.78. The van der Waals surface area contributed by atoms with Gasteiger partial charge in [0.2, 0.25) is 5.91 Å². The number of anilines is 2. The van der Waals surface area contributed by atoms with Crippen LogP contribution in [0.3, 0.4) is 0 Å². The van der Waals surface area contributed by atoms with Crippen molar-refractivity contribution in [3.63, 3.8) is 0 Å². The van der Waals surface area contributed by atoms with Gasteiger partial charge < -0.3 is 15.0 Å². The molecule has 2 heterocycles. The van der Waals surface area contributed by atoms with Crippen LogP contribution in [0, 0.1) is 0 Å². The number of ether oxygens (including phenoxy) is 1. The summed E-state index contributed by atoms with van der Waals surface area (Å²) in [6, 6.07) is 19.5. The number of methoxy groups -OCH3 is 1. The predicted molar refractivity (Wildman–Crippen MR) is 119 cm³/mol. The third-order valence-corrected chi connectivity index (χ3v) is 5.12. The van der Waals surface area contributed by atoms with E-state index in [-0.39, 0.29) is 18.9 Å². The first-order chi connectivity index (χ1) is 15.6. The molecule has 0 bridgehead atoms. The van der Waals surface area contributed by atoms with E-state index >= 15 is 0 Å². The van der Waals surface area contributed by atoms with Crippen LogP contribution in [-0.2, 0) is 16.1 Å². The van der Waals surface area contributed by atoms with Crippen LogP contribution in [0.2, 0.25) is 0 Å². The van der Waals surface area contributed by atoms with Crippen LogP contribution in [0.15, 0.2) is 79.0 Å². The zero-order valence-electron chi connectivity index (χ0n) is 17.5. The van der Waals surface area contributed by atoms with Crippen LogP contribution >= 0.6 is 0 Å². The van der Waals surface area contributed by atoms with Gasteiger partial charge in [-0.25, -0.2) is 9.69 Å².